The Morgan fingerprint density at radius 1 is 0.917 bits per heavy atom. The molecule has 0 unspecified atom stereocenters. The Bertz CT molecular complexity index is 616. The monoisotopic (exact) mass is 329 g/mol. The van der Waals surface area contributed by atoms with Crippen LogP contribution in [0.25, 0.3) is 0 Å². The fraction of sp³-hybridized carbons (Fsp3) is 0.316. The third-order valence-corrected chi connectivity index (χ3v) is 3.33. The molecule has 0 aromatic heterocycles. The minimum atomic E-state index is -0.148. The predicted molar refractivity (Wildman–Crippen MR) is 92.7 cm³/mol. The zero-order valence-electron chi connectivity index (χ0n) is 13.9. The van der Waals surface area contributed by atoms with Gasteiger partial charge in [0.1, 0.15) is 5.75 Å². The SMILES string of the molecule is COc1ccccc1OCC(=O)NCCCCOc1ccccc1. The number of carbonyl (C=O) groups is 1. The molecule has 2 aromatic carbocycles. The molecule has 1 N–H and O–H groups in total. The van der Waals surface area contributed by atoms with Gasteiger partial charge >= 0.3 is 0 Å². The molecule has 0 aliphatic heterocycles. The highest BCUT2D eigenvalue weighted by atomic mass is 16.5. The summed E-state index contributed by atoms with van der Waals surface area (Å²) in [4.78, 5) is 11.8. The Morgan fingerprint density at radius 2 is 1.62 bits per heavy atom. The topological polar surface area (TPSA) is 56.8 Å². The van der Waals surface area contributed by atoms with Gasteiger partial charge in [-0.15, -0.1) is 0 Å². The molecule has 2 aromatic rings. The highest BCUT2D eigenvalue weighted by Crippen LogP contribution is 2.25. The highest BCUT2D eigenvalue weighted by Gasteiger charge is 2.06. The van der Waals surface area contributed by atoms with E-state index in [4.69, 9.17) is 14.2 Å². The van der Waals surface area contributed by atoms with Gasteiger partial charge in [-0.2, -0.15) is 0 Å². The van der Waals surface area contributed by atoms with Crippen molar-refractivity contribution < 1.29 is 19.0 Å². The van der Waals surface area contributed by atoms with Crippen LogP contribution in [0.3, 0.4) is 0 Å². The number of hydrogen-bond donors (Lipinski definition) is 1. The maximum Gasteiger partial charge on any atom is 0.257 e. The Labute approximate surface area is 142 Å². The first-order chi connectivity index (χ1) is 11.8. The first kappa shape index (κ1) is 17.7. The van der Waals surface area contributed by atoms with Crippen LogP contribution in [-0.4, -0.2) is 32.8 Å². The van der Waals surface area contributed by atoms with Crippen molar-refractivity contribution in [2.75, 3.05) is 26.9 Å². The molecule has 0 radical (unpaired) electrons. The smallest absolute Gasteiger partial charge is 0.257 e. The lowest BCUT2D eigenvalue weighted by atomic mass is 10.3. The molecule has 0 atom stereocenters. The number of benzene rings is 2. The zero-order chi connectivity index (χ0) is 17.0. The normalized spacial score (nSPS) is 10.0. The van der Waals surface area contributed by atoms with Crippen LogP contribution in [0.1, 0.15) is 12.8 Å². The number of nitrogens with one attached hydrogen (secondary N) is 1. The van der Waals surface area contributed by atoms with Crippen molar-refractivity contribution in [3.63, 3.8) is 0 Å². The van der Waals surface area contributed by atoms with Crippen molar-refractivity contribution in [3.8, 4) is 17.2 Å². The summed E-state index contributed by atoms with van der Waals surface area (Å²) >= 11 is 0. The third kappa shape index (κ3) is 6.20. The van der Waals surface area contributed by atoms with Crippen LogP contribution in [0.15, 0.2) is 54.6 Å². The number of ether oxygens (including phenoxy) is 3. The molecule has 24 heavy (non-hydrogen) atoms. The number of amides is 1. The van der Waals surface area contributed by atoms with Crippen LogP contribution in [0.4, 0.5) is 0 Å². The average Bonchev–Trinajstić information content (AvgIpc) is 2.64. The molecular weight excluding hydrogens is 306 g/mol. The van der Waals surface area contributed by atoms with E-state index in [9.17, 15) is 4.79 Å². The van der Waals surface area contributed by atoms with E-state index in [-0.39, 0.29) is 12.5 Å². The minimum Gasteiger partial charge on any atom is -0.494 e. The highest BCUT2D eigenvalue weighted by molar-refractivity contribution is 5.77. The second-order valence-electron chi connectivity index (χ2n) is 5.16. The van der Waals surface area contributed by atoms with Gasteiger partial charge in [-0.25, -0.2) is 0 Å². The fourth-order valence-electron chi connectivity index (χ4n) is 2.09. The summed E-state index contributed by atoms with van der Waals surface area (Å²) in [5.74, 6) is 1.89. The number of unbranched alkanes of at least 4 members (excludes halogenated alkanes) is 1. The van der Waals surface area contributed by atoms with Gasteiger partial charge < -0.3 is 19.5 Å². The van der Waals surface area contributed by atoms with Crippen LogP contribution >= 0.6 is 0 Å². The first-order valence-corrected chi connectivity index (χ1v) is 8.00. The molecule has 0 fully saturated rings. The van der Waals surface area contributed by atoms with Gasteiger partial charge in [0.25, 0.3) is 5.91 Å². The van der Waals surface area contributed by atoms with Crippen molar-refractivity contribution in [3.05, 3.63) is 54.6 Å². The number of para-hydroxylation sites is 3. The van der Waals surface area contributed by atoms with Crippen molar-refractivity contribution >= 4 is 5.91 Å². The van der Waals surface area contributed by atoms with Crippen molar-refractivity contribution in [1.29, 1.82) is 0 Å². The van der Waals surface area contributed by atoms with E-state index in [1.54, 1.807) is 19.2 Å². The summed E-state index contributed by atoms with van der Waals surface area (Å²) in [7, 11) is 1.57. The largest absolute Gasteiger partial charge is 0.494 e. The predicted octanol–water partition coefficient (Wildman–Crippen LogP) is 3.05. The standard InChI is InChI=1S/C19H23NO4/c1-22-17-11-5-6-12-18(17)24-15-19(21)20-13-7-8-14-23-16-9-3-2-4-10-16/h2-6,9-12H,7-8,13-15H2,1H3,(H,20,21). The van der Waals surface area contributed by atoms with E-state index in [0.717, 1.165) is 18.6 Å². The molecule has 2 rings (SSSR count). The van der Waals surface area contributed by atoms with Gasteiger partial charge in [-0.1, -0.05) is 30.3 Å². The van der Waals surface area contributed by atoms with Crippen LogP contribution in [0.2, 0.25) is 0 Å². The van der Waals surface area contributed by atoms with E-state index >= 15 is 0 Å². The van der Waals surface area contributed by atoms with E-state index in [1.807, 2.05) is 42.5 Å². The van der Waals surface area contributed by atoms with Crippen LogP contribution in [-0.2, 0) is 4.79 Å². The van der Waals surface area contributed by atoms with Gasteiger partial charge in [-0.05, 0) is 37.1 Å². The zero-order valence-corrected chi connectivity index (χ0v) is 13.9. The summed E-state index contributed by atoms with van der Waals surface area (Å²) in [5, 5.41) is 2.83. The average molecular weight is 329 g/mol. The maximum atomic E-state index is 11.8. The number of carbonyl (C=O) groups excluding carboxylic acids is 1. The minimum absolute atomic E-state index is 0.0269. The van der Waals surface area contributed by atoms with Crippen LogP contribution in [0.5, 0.6) is 17.2 Å². The lowest BCUT2D eigenvalue weighted by Crippen LogP contribution is -2.29. The van der Waals surface area contributed by atoms with Gasteiger partial charge in [0, 0.05) is 6.54 Å². The van der Waals surface area contributed by atoms with Gasteiger partial charge in [0.2, 0.25) is 0 Å². The number of hydrogen-bond acceptors (Lipinski definition) is 4. The van der Waals surface area contributed by atoms with E-state index in [2.05, 4.69) is 5.32 Å². The molecule has 0 saturated heterocycles. The second-order valence-corrected chi connectivity index (χ2v) is 5.16. The molecule has 0 saturated carbocycles. The lowest BCUT2D eigenvalue weighted by molar-refractivity contribution is -0.123. The maximum absolute atomic E-state index is 11.8. The lowest BCUT2D eigenvalue weighted by Gasteiger charge is -2.10. The molecule has 5 heteroatoms. The third-order valence-electron chi connectivity index (χ3n) is 3.33. The van der Waals surface area contributed by atoms with E-state index in [1.165, 1.54) is 0 Å². The molecule has 0 bridgehead atoms. The van der Waals surface area contributed by atoms with Crippen molar-refractivity contribution in [2.45, 2.75) is 12.8 Å². The number of methoxy groups -OCH3 is 1. The van der Waals surface area contributed by atoms with Gasteiger partial charge in [0.05, 0.1) is 13.7 Å². The van der Waals surface area contributed by atoms with Crippen molar-refractivity contribution in [2.24, 2.45) is 0 Å². The van der Waals surface area contributed by atoms with E-state index in [0.29, 0.717) is 24.7 Å². The molecule has 0 spiro atoms. The van der Waals surface area contributed by atoms with Crippen molar-refractivity contribution in [1.82, 2.24) is 5.32 Å². The fourth-order valence-corrected chi connectivity index (χ4v) is 2.09. The molecule has 128 valence electrons. The summed E-state index contributed by atoms with van der Waals surface area (Å²) in [6.45, 7) is 1.21. The summed E-state index contributed by atoms with van der Waals surface area (Å²) < 4.78 is 16.2. The molecule has 0 heterocycles. The van der Waals surface area contributed by atoms with Crippen LogP contribution < -0.4 is 19.5 Å². The second kappa shape index (κ2) is 10.2. The number of rotatable bonds is 10. The van der Waals surface area contributed by atoms with Gasteiger partial charge in [-0.3, -0.25) is 4.79 Å². The molecule has 0 aliphatic rings. The van der Waals surface area contributed by atoms with E-state index < -0.39 is 0 Å². The quantitative estimate of drug-likeness (QED) is 0.681. The molecule has 5 nitrogen and oxygen atoms in total. The van der Waals surface area contributed by atoms with Crippen LogP contribution in [0, 0.1) is 0 Å². The summed E-state index contributed by atoms with van der Waals surface area (Å²) in [6.07, 6.45) is 1.73. The Kier molecular flexibility index (Phi) is 7.47. The Morgan fingerprint density at radius 3 is 2.38 bits per heavy atom. The summed E-state index contributed by atoms with van der Waals surface area (Å²) in [5.41, 5.74) is 0. The Hall–Kier alpha value is -2.69. The molecular formula is C19H23NO4. The van der Waals surface area contributed by atoms with Gasteiger partial charge in [0.15, 0.2) is 18.1 Å². The molecule has 0 aliphatic carbocycles. The summed E-state index contributed by atoms with van der Waals surface area (Å²) in [6, 6.07) is 16.9. The first-order valence-electron chi connectivity index (χ1n) is 8.00. The molecule has 1 amide bonds. The Balaban J connectivity index is 1.55.